The van der Waals surface area contributed by atoms with Crippen molar-refractivity contribution in [1.29, 1.82) is 0 Å². The quantitative estimate of drug-likeness (QED) is 0.764. The van der Waals surface area contributed by atoms with Gasteiger partial charge in [-0.3, -0.25) is 0 Å². The molecule has 2 fully saturated rings. The molecule has 2 bridgehead atoms. The van der Waals surface area contributed by atoms with E-state index in [1.54, 1.807) is 7.11 Å². The number of hydrogen-bond acceptors (Lipinski definition) is 3. The first kappa shape index (κ1) is 14.3. The Morgan fingerprint density at radius 3 is 2.61 bits per heavy atom. The average molecular weight is 255 g/mol. The maximum absolute atomic E-state index is 9.17. The Kier molecular flexibility index (Phi) is 4.05. The van der Waals surface area contributed by atoms with Gasteiger partial charge in [0.2, 0.25) is 0 Å². The zero-order chi connectivity index (χ0) is 13.4. The summed E-state index contributed by atoms with van der Waals surface area (Å²) in [7, 11) is 1.74. The average Bonchev–Trinajstić information content (AvgIpc) is 2.76. The van der Waals surface area contributed by atoms with E-state index < -0.39 is 0 Å². The highest BCUT2D eigenvalue weighted by atomic mass is 16.5. The number of methoxy groups -OCH3 is 1. The van der Waals surface area contributed by atoms with Crippen LogP contribution in [0.4, 0.5) is 0 Å². The van der Waals surface area contributed by atoms with Crippen LogP contribution in [-0.2, 0) is 4.74 Å². The third kappa shape index (κ3) is 2.33. The van der Waals surface area contributed by atoms with Crippen molar-refractivity contribution in [2.75, 3.05) is 20.3 Å². The van der Waals surface area contributed by atoms with Crippen LogP contribution in [0, 0.1) is 16.7 Å². The number of aliphatic hydroxyl groups excluding tert-OH is 1. The second-order valence-electron chi connectivity index (χ2n) is 7.18. The molecule has 106 valence electrons. The Morgan fingerprint density at radius 2 is 2.11 bits per heavy atom. The van der Waals surface area contributed by atoms with E-state index in [-0.39, 0.29) is 12.6 Å². The fourth-order valence-electron chi connectivity index (χ4n) is 4.53. The van der Waals surface area contributed by atoms with E-state index in [2.05, 4.69) is 26.1 Å². The molecule has 3 heteroatoms. The molecule has 18 heavy (non-hydrogen) atoms. The third-order valence-electron chi connectivity index (χ3n) is 5.52. The molecule has 4 atom stereocenters. The number of hydrogen-bond donors (Lipinski definition) is 2. The van der Waals surface area contributed by atoms with Crippen LogP contribution in [0.2, 0.25) is 0 Å². The normalized spacial score (nSPS) is 39.2. The Balaban J connectivity index is 2.07. The van der Waals surface area contributed by atoms with E-state index in [0.29, 0.717) is 23.5 Å². The first-order chi connectivity index (χ1) is 8.44. The first-order valence-corrected chi connectivity index (χ1v) is 7.30. The SMILES string of the molecule is COCC(CCO)NC1C(C)(C)[C@H]2CC[C@]1(C)C2. The maximum Gasteiger partial charge on any atom is 0.0616 e. The van der Waals surface area contributed by atoms with Gasteiger partial charge in [0, 0.05) is 25.8 Å². The predicted octanol–water partition coefficient (Wildman–Crippen LogP) is 2.19. The minimum Gasteiger partial charge on any atom is -0.396 e. The molecule has 3 nitrogen and oxygen atoms in total. The lowest BCUT2D eigenvalue weighted by Gasteiger charge is -2.45. The van der Waals surface area contributed by atoms with Gasteiger partial charge in [0.1, 0.15) is 0 Å². The highest BCUT2D eigenvalue weighted by Crippen LogP contribution is 2.62. The van der Waals surface area contributed by atoms with Crippen LogP contribution in [0.1, 0.15) is 46.5 Å². The summed E-state index contributed by atoms with van der Waals surface area (Å²) in [4.78, 5) is 0. The summed E-state index contributed by atoms with van der Waals surface area (Å²) in [6.45, 7) is 8.16. The van der Waals surface area contributed by atoms with Crippen molar-refractivity contribution in [2.24, 2.45) is 16.7 Å². The molecule has 0 aromatic rings. The Morgan fingerprint density at radius 1 is 1.39 bits per heavy atom. The van der Waals surface area contributed by atoms with Crippen molar-refractivity contribution >= 4 is 0 Å². The van der Waals surface area contributed by atoms with Gasteiger partial charge in [-0.05, 0) is 42.4 Å². The summed E-state index contributed by atoms with van der Waals surface area (Å²) in [5.74, 6) is 0.859. The minimum absolute atomic E-state index is 0.230. The van der Waals surface area contributed by atoms with Gasteiger partial charge in [-0.1, -0.05) is 20.8 Å². The fourth-order valence-corrected chi connectivity index (χ4v) is 4.53. The van der Waals surface area contributed by atoms with Crippen LogP contribution in [0.15, 0.2) is 0 Å². The third-order valence-corrected chi connectivity index (χ3v) is 5.52. The lowest BCUT2D eigenvalue weighted by Crippen LogP contribution is -2.54. The van der Waals surface area contributed by atoms with Gasteiger partial charge in [-0.15, -0.1) is 0 Å². The molecule has 0 aromatic carbocycles. The van der Waals surface area contributed by atoms with E-state index in [9.17, 15) is 0 Å². The standard InChI is InChI=1S/C15H29NO2/c1-14(2)11-5-7-15(3,9-11)13(14)16-12(6-8-17)10-18-4/h11-13,16-17H,5-10H2,1-4H3/t11-,12?,13?,15+/m0/s1. The van der Waals surface area contributed by atoms with Crippen LogP contribution in [0.25, 0.3) is 0 Å². The lowest BCUT2D eigenvalue weighted by atomic mass is 9.68. The highest BCUT2D eigenvalue weighted by Gasteiger charge is 2.59. The second kappa shape index (κ2) is 5.10. The monoisotopic (exact) mass is 255 g/mol. The summed E-state index contributed by atoms with van der Waals surface area (Å²) < 4.78 is 5.27. The van der Waals surface area contributed by atoms with Crippen molar-refractivity contribution in [3.63, 3.8) is 0 Å². The highest BCUT2D eigenvalue weighted by molar-refractivity contribution is 5.12. The molecule has 2 aliphatic rings. The molecule has 2 N–H and O–H groups in total. The van der Waals surface area contributed by atoms with Crippen LogP contribution < -0.4 is 5.32 Å². The molecule has 0 heterocycles. The summed E-state index contributed by atoms with van der Waals surface area (Å²) in [5.41, 5.74) is 0.810. The number of ether oxygens (including phenoxy) is 1. The van der Waals surface area contributed by atoms with Crippen LogP contribution >= 0.6 is 0 Å². The van der Waals surface area contributed by atoms with Gasteiger partial charge in [0.25, 0.3) is 0 Å². The van der Waals surface area contributed by atoms with Crippen molar-refractivity contribution in [1.82, 2.24) is 5.32 Å². The Bertz CT molecular complexity index is 281. The van der Waals surface area contributed by atoms with Gasteiger partial charge in [0.15, 0.2) is 0 Å². The van der Waals surface area contributed by atoms with Crippen molar-refractivity contribution in [3.8, 4) is 0 Å². The van der Waals surface area contributed by atoms with Crippen LogP contribution in [-0.4, -0.2) is 37.5 Å². The summed E-state index contributed by atoms with van der Waals surface area (Å²) in [6.07, 6.45) is 4.87. The van der Waals surface area contributed by atoms with Crippen molar-refractivity contribution in [3.05, 3.63) is 0 Å². The van der Waals surface area contributed by atoms with Gasteiger partial charge >= 0.3 is 0 Å². The molecule has 0 aliphatic heterocycles. The van der Waals surface area contributed by atoms with Gasteiger partial charge in [0.05, 0.1) is 6.61 Å². The van der Waals surface area contributed by atoms with E-state index in [1.165, 1.54) is 19.3 Å². The molecule has 0 amide bonds. The minimum atomic E-state index is 0.230. The van der Waals surface area contributed by atoms with E-state index in [1.807, 2.05) is 0 Å². The number of rotatable bonds is 6. The molecule has 2 rings (SSSR count). The first-order valence-electron chi connectivity index (χ1n) is 7.30. The fraction of sp³-hybridized carbons (Fsp3) is 1.00. The second-order valence-corrected chi connectivity index (χ2v) is 7.18. The Hall–Kier alpha value is -0.120. The molecule has 0 radical (unpaired) electrons. The molecule has 0 saturated heterocycles. The molecular weight excluding hydrogens is 226 g/mol. The Labute approximate surface area is 111 Å². The van der Waals surface area contributed by atoms with Gasteiger partial charge < -0.3 is 15.2 Å². The number of nitrogens with one attached hydrogen (secondary N) is 1. The van der Waals surface area contributed by atoms with Gasteiger partial charge in [-0.2, -0.15) is 0 Å². The molecular formula is C15H29NO2. The zero-order valence-corrected chi connectivity index (χ0v) is 12.3. The van der Waals surface area contributed by atoms with E-state index in [0.717, 1.165) is 12.3 Å². The van der Waals surface area contributed by atoms with Crippen LogP contribution in [0.3, 0.4) is 0 Å². The number of fused-ring (bicyclic) bond motifs is 2. The van der Waals surface area contributed by atoms with E-state index >= 15 is 0 Å². The lowest BCUT2D eigenvalue weighted by molar-refractivity contribution is 0.0708. The molecule has 0 spiro atoms. The van der Waals surface area contributed by atoms with Gasteiger partial charge in [-0.25, -0.2) is 0 Å². The van der Waals surface area contributed by atoms with Crippen molar-refractivity contribution in [2.45, 2.75) is 58.5 Å². The van der Waals surface area contributed by atoms with Crippen molar-refractivity contribution < 1.29 is 9.84 Å². The zero-order valence-electron chi connectivity index (χ0n) is 12.3. The molecule has 2 unspecified atom stereocenters. The maximum atomic E-state index is 9.17. The largest absolute Gasteiger partial charge is 0.396 e. The molecule has 0 aromatic heterocycles. The predicted molar refractivity (Wildman–Crippen MR) is 73.5 cm³/mol. The van der Waals surface area contributed by atoms with E-state index in [4.69, 9.17) is 9.84 Å². The summed E-state index contributed by atoms with van der Waals surface area (Å²) in [6, 6.07) is 0.830. The topological polar surface area (TPSA) is 41.5 Å². The summed E-state index contributed by atoms with van der Waals surface area (Å²) >= 11 is 0. The molecule has 2 saturated carbocycles. The summed E-state index contributed by atoms with van der Waals surface area (Å²) in [5, 5.41) is 13.0. The van der Waals surface area contributed by atoms with Crippen LogP contribution in [0.5, 0.6) is 0 Å². The smallest absolute Gasteiger partial charge is 0.0616 e. The number of aliphatic hydroxyl groups is 1. The molecule has 2 aliphatic carbocycles.